The van der Waals surface area contributed by atoms with Gasteiger partial charge in [-0.25, -0.2) is 9.37 Å². The number of benzene rings is 1. The molecule has 0 radical (unpaired) electrons. The molecule has 2 aromatic rings. The molecule has 0 amide bonds. The first-order chi connectivity index (χ1) is 9.66. The van der Waals surface area contributed by atoms with Crippen molar-refractivity contribution in [2.75, 3.05) is 30.4 Å². The molecule has 1 heterocycles. The van der Waals surface area contributed by atoms with E-state index in [0.717, 1.165) is 13.0 Å². The Morgan fingerprint density at radius 3 is 2.75 bits per heavy atom. The second-order valence-electron chi connectivity index (χ2n) is 4.52. The molecule has 0 fully saturated rings. The third-order valence-corrected chi connectivity index (χ3v) is 3.40. The van der Waals surface area contributed by atoms with Gasteiger partial charge in [0.05, 0.1) is 0 Å². The van der Waals surface area contributed by atoms with Gasteiger partial charge in [0.2, 0.25) is 0 Å². The molecule has 0 bridgehead atoms. The van der Waals surface area contributed by atoms with Crippen LogP contribution in [0, 0.1) is 5.82 Å². The first-order valence-electron chi connectivity index (χ1n) is 6.48. The highest BCUT2D eigenvalue weighted by Crippen LogP contribution is 2.16. The van der Waals surface area contributed by atoms with Gasteiger partial charge in [0.25, 0.3) is 0 Å². The van der Waals surface area contributed by atoms with Crippen LogP contribution in [0.15, 0.2) is 47.1 Å². The molecule has 0 aliphatic heterocycles. The van der Waals surface area contributed by atoms with E-state index in [0.29, 0.717) is 16.8 Å². The van der Waals surface area contributed by atoms with Gasteiger partial charge in [0.1, 0.15) is 0 Å². The number of rotatable bonds is 6. The fraction of sp³-hybridized carbons (Fsp3) is 0.267. The molecular weight excluding hydrogens is 321 g/mol. The molecular formula is C15H17BrFN3. The number of nitrogens with zero attached hydrogens (tertiary/aromatic N) is 2. The van der Waals surface area contributed by atoms with Crippen LogP contribution in [0.3, 0.4) is 0 Å². The molecule has 1 aromatic carbocycles. The van der Waals surface area contributed by atoms with E-state index in [2.05, 4.69) is 43.3 Å². The molecule has 1 N–H and O–H groups in total. The molecule has 5 heteroatoms. The van der Waals surface area contributed by atoms with Crippen LogP contribution in [0.4, 0.5) is 15.9 Å². The Kier molecular flexibility index (Phi) is 5.35. The molecule has 0 saturated heterocycles. The van der Waals surface area contributed by atoms with Crippen LogP contribution in [-0.4, -0.2) is 25.1 Å². The predicted octanol–water partition coefficient (Wildman–Crippen LogP) is 3.92. The average molecular weight is 338 g/mol. The van der Waals surface area contributed by atoms with Crippen molar-refractivity contribution in [2.24, 2.45) is 0 Å². The monoisotopic (exact) mass is 337 g/mol. The molecule has 1 aromatic heterocycles. The van der Waals surface area contributed by atoms with Gasteiger partial charge in [-0.2, -0.15) is 0 Å². The Morgan fingerprint density at radius 1 is 1.30 bits per heavy atom. The third kappa shape index (κ3) is 4.20. The lowest BCUT2D eigenvalue weighted by molar-refractivity contribution is 0.622. The van der Waals surface area contributed by atoms with Gasteiger partial charge in [0, 0.05) is 36.5 Å². The number of aromatic nitrogens is 1. The first-order valence-corrected chi connectivity index (χ1v) is 7.27. The number of pyridine rings is 1. The molecule has 0 spiro atoms. The Balaban J connectivity index is 1.76. The summed E-state index contributed by atoms with van der Waals surface area (Å²) in [5.41, 5.74) is 1.18. The zero-order valence-electron chi connectivity index (χ0n) is 11.3. The van der Waals surface area contributed by atoms with Crippen LogP contribution < -0.4 is 10.2 Å². The summed E-state index contributed by atoms with van der Waals surface area (Å²) < 4.78 is 14.2. The van der Waals surface area contributed by atoms with E-state index in [9.17, 15) is 4.39 Å². The second kappa shape index (κ2) is 7.24. The average Bonchev–Trinajstić information content (AvgIpc) is 2.46. The molecule has 0 saturated carbocycles. The molecule has 2 rings (SSSR count). The van der Waals surface area contributed by atoms with Crippen LogP contribution in [0.2, 0.25) is 0 Å². The predicted molar refractivity (Wildman–Crippen MR) is 84.7 cm³/mol. The van der Waals surface area contributed by atoms with Gasteiger partial charge in [-0.3, -0.25) is 0 Å². The minimum absolute atomic E-state index is 0.301. The van der Waals surface area contributed by atoms with Crippen molar-refractivity contribution in [2.45, 2.75) is 6.42 Å². The zero-order valence-corrected chi connectivity index (χ0v) is 12.9. The van der Waals surface area contributed by atoms with Crippen LogP contribution in [0.5, 0.6) is 0 Å². The number of anilines is 2. The van der Waals surface area contributed by atoms with Crippen LogP contribution >= 0.6 is 15.9 Å². The number of nitrogens with one attached hydrogen (secondary N) is 1. The van der Waals surface area contributed by atoms with Crippen LogP contribution in [0.25, 0.3) is 0 Å². The molecule has 0 atom stereocenters. The van der Waals surface area contributed by atoms with Gasteiger partial charge >= 0.3 is 0 Å². The third-order valence-electron chi connectivity index (χ3n) is 2.97. The van der Waals surface area contributed by atoms with E-state index in [4.69, 9.17) is 0 Å². The zero-order chi connectivity index (χ0) is 14.4. The highest BCUT2D eigenvalue weighted by atomic mass is 79.9. The second-order valence-corrected chi connectivity index (χ2v) is 5.44. The molecule has 0 unspecified atom stereocenters. The lowest BCUT2D eigenvalue weighted by atomic mass is 10.3. The fourth-order valence-electron chi connectivity index (χ4n) is 1.88. The van der Waals surface area contributed by atoms with Crippen LogP contribution in [-0.2, 0) is 0 Å². The molecule has 0 aliphatic carbocycles. The summed E-state index contributed by atoms with van der Waals surface area (Å²) >= 11 is 3.19. The highest BCUT2D eigenvalue weighted by molar-refractivity contribution is 9.10. The first kappa shape index (κ1) is 14.8. The van der Waals surface area contributed by atoms with Crippen molar-refractivity contribution < 1.29 is 4.39 Å². The summed E-state index contributed by atoms with van der Waals surface area (Å²) in [6, 6.07) is 11.6. The Bertz CT molecular complexity index is 548. The van der Waals surface area contributed by atoms with Crippen molar-refractivity contribution in [3.63, 3.8) is 0 Å². The Hall–Kier alpha value is -1.62. The van der Waals surface area contributed by atoms with E-state index < -0.39 is 0 Å². The standard InChI is InChI=1S/C15H17BrFN3/c1-20(13-6-3-2-4-7-13)9-5-8-18-15-14(17)10-12(16)11-19-15/h2-4,6-7,10-11H,5,8-9H2,1H3,(H,18,19). The van der Waals surface area contributed by atoms with Crippen LogP contribution in [0.1, 0.15) is 6.42 Å². The quantitative estimate of drug-likeness (QED) is 0.809. The van der Waals surface area contributed by atoms with E-state index in [-0.39, 0.29) is 5.82 Å². The molecule has 3 nitrogen and oxygen atoms in total. The van der Waals surface area contributed by atoms with Crippen molar-refractivity contribution in [1.29, 1.82) is 0 Å². The summed E-state index contributed by atoms with van der Waals surface area (Å²) in [6.45, 7) is 1.58. The maximum Gasteiger partial charge on any atom is 0.166 e. The van der Waals surface area contributed by atoms with Crippen molar-refractivity contribution >= 4 is 27.4 Å². The summed E-state index contributed by atoms with van der Waals surface area (Å²) in [4.78, 5) is 6.18. The van der Waals surface area contributed by atoms with Gasteiger partial charge in [-0.05, 0) is 40.5 Å². The van der Waals surface area contributed by atoms with E-state index in [1.54, 1.807) is 6.20 Å². The van der Waals surface area contributed by atoms with E-state index >= 15 is 0 Å². The maximum absolute atomic E-state index is 13.5. The van der Waals surface area contributed by atoms with Crippen molar-refractivity contribution in [3.05, 3.63) is 52.9 Å². The van der Waals surface area contributed by atoms with E-state index in [1.807, 2.05) is 25.2 Å². The van der Waals surface area contributed by atoms with Gasteiger partial charge in [-0.15, -0.1) is 0 Å². The van der Waals surface area contributed by atoms with Gasteiger partial charge in [0.15, 0.2) is 11.6 Å². The largest absolute Gasteiger partial charge is 0.375 e. The fourth-order valence-corrected chi connectivity index (χ4v) is 2.18. The molecule has 0 aliphatic rings. The van der Waals surface area contributed by atoms with Gasteiger partial charge < -0.3 is 10.2 Å². The summed E-state index contributed by atoms with van der Waals surface area (Å²) in [5.74, 6) is -0.0358. The van der Waals surface area contributed by atoms with E-state index in [1.165, 1.54) is 11.8 Å². The molecule has 106 valence electrons. The topological polar surface area (TPSA) is 28.2 Å². The van der Waals surface area contributed by atoms with Gasteiger partial charge in [-0.1, -0.05) is 18.2 Å². The summed E-state index contributed by atoms with van der Waals surface area (Å²) in [6.07, 6.45) is 2.49. The number of halogens is 2. The molecule has 20 heavy (non-hydrogen) atoms. The summed E-state index contributed by atoms with van der Waals surface area (Å²) in [7, 11) is 2.05. The smallest absolute Gasteiger partial charge is 0.166 e. The van der Waals surface area contributed by atoms with Crippen molar-refractivity contribution in [3.8, 4) is 0 Å². The minimum Gasteiger partial charge on any atom is -0.375 e. The van der Waals surface area contributed by atoms with Crippen molar-refractivity contribution in [1.82, 2.24) is 4.98 Å². The maximum atomic E-state index is 13.5. The lowest BCUT2D eigenvalue weighted by Gasteiger charge is -2.19. The number of hydrogen-bond acceptors (Lipinski definition) is 3. The number of hydrogen-bond donors (Lipinski definition) is 1. The number of para-hydroxylation sites is 1. The highest BCUT2D eigenvalue weighted by Gasteiger charge is 2.04. The normalized spacial score (nSPS) is 10.3. The Labute approximate surface area is 127 Å². The SMILES string of the molecule is CN(CCCNc1ncc(Br)cc1F)c1ccccc1. The minimum atomic E-state index is -0.337. The lowest BCUT2D eigenvalue weighted by Crippen LogP contribution is -2.21. The summed E-state index contributed by atoms with van der Waals surface area (Å²) in [5, 5.41) is 3.01. The Morgan fingerprint density at radius 2 is 2.05 bits per heavy atom.